The highest BCUT2D eigenvalue weighted by Gasteiger charge is 2.15. The van der Waals surface area contributed by atoms with Crippen molar-refractivity contribution in [3.8, 4) is 0 Å². The summed E-state index contributed by atoms with van der Waals surface area (Å²) in [6, 6.07) is 1.98. The second-order valence-corrected chi connectivity index (χ2v) is 5.36. The van der Waals surface area contributed by atoms with E-state index in [0.29, 0.717) is 0 Å². The Bertz CT molecular complexity index is 476. The first-order valence-corrected chi connectivity index (χ1v) is 6.62. The molecular formula is C11H14N4S. The molecule has 0 spiro atoms. The largest absolute Gasteiger partial charge is 0.367 e. The molecule has 0 amide bonds. The zero-order valence-corrected chi connectivity index (χ0v) is 9.78. The fourth-order valence-electron chi connectivity index (χ4n) is 2.01. The summed E-state index contributed by atoms with van der Waals surface area (Å²) in [5.74, 6) is 2.24. The van der Waals surface area contributed by atoms with Crippen LogP contribution < -0.4 is 5.32 Å². The lowest BCUT2D eigenvalue weighted by molar-refractivity contribution is 0.803. The average Bonchev–Trinajstić information content (AvgIpc) is 2.97. The van der Waals surface area contributed by atoms with Crippen molar-refractivity contribution in [3.05, 3.63) is 24.7 Å². The molecule has 16 heavy (non-hydrogen) atoms. The van der Waals surface area contributed by atoms with Crippen molar-refractivity contribution in [2.24, 2.45) is 0 Å². The average molecular weight is 234 g/mol. The van der Waals surface area contributed by atoms with E-state index in [1.54, 1.807) is 12.4 Å². The second kappa shape index (κ2) is 4.33. The third-order valence-electron chi connectivity index (χ3n) is 2.85. The Morgan fingerprint density at radius 1 is 1.50 bits per heavy atom. The number of thioether (sulfide) groups is 1. The maximum atomic E-state index is 4.36. The smallest absolute Gasteiger partial charge is 0.152 e. The third-order valence-corrected chi connectivity index (χ3v) is 4.24. The number of nitrogens with one attached hydrogen (secondary N) is 1. The van der Waals surface area contributed by atoms with Gasteiger partial charge in [-0.3, -0.25) is 0 Å². The van der Waals surface area contributed by atoms with Gasteiger partial charge in [-0.05, 0) is 24.7 Å². The van der Waals surface area contributed by atoms with E-state index in [1.807, 2.05) is 16.8 Å². The van der Waals surface area contributed by atoms with E-state index in [1.165, 1.54) is 18.6 Å². The van der Waals surface area contributed by atoms with Crippen LogP contribution in [0.1, 0.15) is 12.8 Å². The molecule has 1 N–H and O–H groups in total. The van der Waals surface area contributed by atoms with Gasteiger partial charge >= 0.3 is 0 Å². The van der Waals surface area contributed by atoms with E-state index in [9.17, 15) is 0 Å². The molecule has 1 aliphatic rings. The van der Waals surface area contributed by atoms with Gasteiger partial charge in [-0.1, -0.05) is 0 Å². The van der Waals surface area contributed by atoms with Crippen LogP contribution in [-0.4, -0.2) is 32.1 Å². The normalized spacial score (nSPS) is 20.4. The van der Waals surface area contributed by atoms with E-state index in [0.717, 1.165) is 23.1 Å². The number of aromatic nitrogens is 3. The first-order valence-electron chi connectivity index (χ1n) is 5.57. The molecule has 1 unspecified atom stereocenters. The molecule has 0 aromatic carbocycles. The number of rotatable bonds is 3. The fourth-order valence-corrected chi connectivity index (χ4v) is 3.21. The van der Waals surface area contributed by atoms with Crippen molar-refractivity contribution < 1.29 is 0 Å². The molecule has 2 aromatic rings. The third kappa shape index (κ3) is 1.87. The quantitative estimate of drug-likeness (QED) is 0.882. The van der Waals surface area contributed by atoms with Gasteiger partial charge in [0.2, 0.25) is 0 Å². The van der Waals surface area contributed by atoms with E-state index >= 15 is 0 Å². The molecular weight excluding hydrogens is 220 g/mol. The van der Waals surface area contributed by atoms with Crippen LogP contribution in [0.2, 0.25) is 0 Å². The van der Waals surface area contributed by atoms with Crippen LogP contribution in [0.4, 0.5) is 5.82 Å². The molecule has 2 aromatic heterocycles. The van der Waals surface area contributed by atoms with Gasteiger partial charge in [-0.2, -0.15) is 16.9 Å². The summed E-state index contributed by atoms with van der Waals surface area (Å²) in [7, 11) is 0. The van der Waals surface area contributed by atoms with Crippen LogP contribution in [0.15, 0.2) is 24.7 Å². The number of fused-ring (bicyclic) bond motifs is 1. The van der Waals surface area contributed by atoms with Gasteiger partial charge in [0.15, 0.2) is 5.82 Å². The van der Waals surface area contributed by atoms with Crippen LogP contribution in [0.3, 0.4) is 0 Å². The molecule has 1 saturated heterocycles. The minimum atomic E-state index is 0.741. The number of nitrogens with zero attached hydrogens (tertiary/aromatic N) is 3. The highest BCUT2D eigenvalue weighted by molar-refractivity contribution is 8.00. The number of anilines is 1. The highest BCUT2D eigenvalue weighted by Crippen LogP contribution is 2.26. The van der Waals surface area contributed by atoms with Gasteiger partial charge in [-0.15, -0.1) is 0 Å². The van der Waals surface area contributed by atoms with Crippen LogP contribution in [0.25, 0.3) is 5.52 Å². The van der Waals surface area contributed by atoms with Gasteiger partial charge in [0.25, 0.3) is 0 Å². The summed E-state index contributed by atoms with van der Waals surface area (Å²) >= 11 is 2.06. The predicted octanol–water partition coefficient (Wildman–Crippen LogP) is 2.04. The first kappa shape index (κ1) is 9.96. The van der Waals surface area contributed by atoms with Crippen molar-refractivity contribution in [1.29, 1.82) is 0 Å². The Kier molecular flexibility index (Phi) is 2.70. The Balaban J connectivity index is 1.75. The summed E-state index contributed by atoms with van der Waals surface area (Å²) in [5.41, 5.74) is 1.05. The van der Waals surface area contributed by atoms with Crippen LogP contribution in [-0.2, 0) is 0 Å². The van der Waals surface area contributed by atoms with E-state index < -0.39 is 0 Å². The zero-order valence-electron chi connectivity index (χ0n) is 8.97. The summed E-state index contributed by atoms with van der Waals surface area (Å²) in [6.07, 6.45) is 8.11. The molecule has 1 fully saturated rings. The molecule has 84 valence electrons. The van der Waals surface area contributed by atoms with E-state index in [2.05, 4.69) is 27.2 Å². The zero-order chi connectivity index (χ0) is 10.8. The van der Waals surface area contributed by atoms with Crippen molar-refractivity contribution in [2.45, 2.75) is 18.1 Å². The topological polar surface area (TPSA) is 42.2 Å². The maximum Gasteiger partial charge on any atom is 0.152 e. The van der Waals surface area contributed by atoms with Crippen molar-refractivity contribution in [1.82, 2.24) is 14.6 Å². The first-order chi connectivity index (χ1) is 7.93. The predicted molar refractivity (Wildman–Crippen MR) is 67.0 cm³/mol. The minimum Gasteiger partial charge on any atom is -0.367 e. The van der Waals surface area contributed by atoms with E-state index in [-0.39, 0.29) is 0 Å². The number of hydrogen-bond acceptors (Lipinski definition) is 4. The molecule has 0 radical (unpaired) electrons. The highest BCUT2D eigenvalue weighted by atomic mass is 32.2. The van der Waals surface area contributed by atoms with Crippen LogP contribution in [0, 0.1) is 0 Å². The van der Waals surface area contributed by atoms with Crippen LogP contribution in [0.5, 0.6) is 0 Å². The Morgan fingerprint density at radius 3 is 3.38 bits per heavy atom. The van der Waals surface area contributed by atoms with Crippen molar-refractivity contribution >= 4 is 23.1 Å². The van der Waals surface area contributed by atoms with Gasteiger partial charge in [0.05, 0.1) is 6.20 Å². The molecule has 3 rings (SSSR count). The van der Waals surface area contributed by atoms with Gasteiger partial charge in [-0.25, -0.2) is 9.50 Å². The van der Waals surface area contributed by atoms with Crippen LogP contribution >= 0.6 is 11.8 Å². The Morgan fingerprint density at radius 2 is 2.50 bits per heavy atom. The molecule has 0 aliphatic carbocycles. The minimum absolute atomic E-state index is 0.741. The lowest BCUT2D eigenvalue weighted by Crippen LogP contribution is -2.14. The SMILES string of the molecule is c1cn2nccc2c(NCC2CCCS2)n1. The second-order valence-electron chi connectivity index (χ2n) is 3.95. The maximum absolute atomic E-state index is 4.36. The fraction of sp³-hybridized carbons (Fsp3) is 0.455. The summed E-state index contributed by atoms with van der Waals surface area (Å²) in [5, 5.41) is 8.35. The summed E-state index contributed by atoms with van der Waals surface area (Å²) in [6.45, 7) is 1.00. The molecule has 0 saturated carbocycles. The van der Waals surface area contributed by atoms with E-state index in [4.69, 9.17) is 0 Å². The molecule has 5 heteroatoms. The van der Waals surface area contributed by atoms with Crippen molar-refractivity contribution in [3.63, 3.8) is 0 Å². The number of hydrogen-bond donors (Lipinski definition) is 1. The van der Waals surface area contributed by atoms with Gasteiger partial charge < -0.3 is 5.32 Å². The molecule has 4 nitrogen and oxygen atoms in total. The monoisotopic (exact) mass is 234 g/mol. The lowest BCUT2D eigenvalue weighted by Gasteiger charge is -2.11. The summed E-state index contributed by atoms with van der Waals surface area (Å²) in [4.78, 5) is 4.36. The summed E-state index contributed by atoms with van der Waals surface area (Å²) < 4.78 is 1.84. The Labute approximate surface area is 98.4 Å². The standard InChI is InChI=1S/C11H14N4S/c1-2-9(16-7-1)8-13-11-10-3-4-14-15(10)6-5-12-11/h3-6,9H,1-2,7-8H2,(H,12,13). The molecule has 3 heterocycles. The van der Waals surface area contributed by atoms with Gasteiger partial charge in [0, 0.05) is 24.2 Å². The molecule has 1 aliphatic heterocycles. The Hall–Kier alpha value is -1.23. The molecule has 1 atom stereocenters. The van der Waals surface area contributed by atoms with Gasteiger partial charge in [0.1, 0.15) is 5.52 Å². The van der Waals surface area contributed by atoms with Crippen molar-refractivity contribution in [2.75, 3.05) is 17.6 Å². The lowest BCUT2D eigenvalue weighted by atomic mass is 10.2. The molecule has 0 bridgehead atoms.